The van der Waals surface area contributed by atoms with Gasteiger partial charge in [0.1, 0.15) is 0 Å². The zero-order valence-corrected chi connectivity index (χ0v) is 41.4. The number of aryl methyl sites for hydroxylation is 6. The van der Waals surface area contributed by atoms with E-state index in [2.05, 4.69) is 89.3 Å². The zero-order chi connectivity index (χ0) is 50.8. The van der Waals surface area contributed by atoms with Gasteiger partial charge in [0, 0.05) is 105 Å². The second-order valence-electron chi connectivity index (χ2n) is 18.6. The number of carbonyl (C=O) groups excluding carboxylic acids is 5. The molecule has 0 unspecified atom stereocenters. The lowest BCUT2D eigenvalue weighted by atomic mass is 9.94. The number of esters is 1. The molecule has 5 aromatic heterocycles. The van der Waals surface area contributed by atoms with Crippen LogP contribution in [0.15, 0.2) is 140 Å². The number of carbonyl (C=O) groups is 5. The number of ketones is 3. The monoisotopic (exact) mass is 970 g/mol. The molecule has 368 valence electrons. The molecule has 1 aliphatic carbocycles. The van der Waals surface area contributed by atoms with E-state index in [0.29, 0.717) is 23.1 Å². The van der Waals surface area contributed by atoms with Crippen LogP contribution in [0.4, 0.5) is 0 Å². The minimum absolute atomic E-state index is 0.0451. The molecule has 12 heteroatoms. The summed E-state index contributed by atoms with van der Waals surface area (Å²) in [5.41, 5.74) is 19.2. The third kappa shape index (κ3) is 9.09. The fourth-order valence-corrected chi connectivity index (χ4v) is 11.2. The zero-order valence-electron chi connectivity index (χ0n) is 41.4. The van der Waals surface area contributed by atoms with Gasteiger partial charge < -0.3 is 34.1 Å². The highest BCUT2D eigenvalue weighted by atomic mass is 16.5. The van der Waals surface area contributed by atoms with Gasteiger partial charge >= 0.3 is 5.97 Å². The van der Waals surface area contributed by atoms with Gasteiger partial charge in [-0.2, -0.15) is 0 Å². The van der Waals surface area contributed by atoms with Crippen molar-refractivity contribution in [2.24, 2.45) is 5.73 Å². The van der Waals surface area contributed by atoms with E-state index in [0.717, 1.165) is 93.6 Å². The number of ether oxygens (including phenoxy) is 1. The van der Waals surface area contributed by atoms with Crippen LogP contribution in [0.2, 0.25) is 0 Å². The van der Waals surface area contributed by atoms with Gasteiger partial charge in [0.25, 0.3) is 5.78 Å². The third-order valence-corrected chi connectivity index (χ3v) is 14.3. The summed E-state index contributed by atoms with van der Waals surface area (Å²) >= 11 is 0. The molecule has 12 nitrogen and oxygen atoms in total. The van der Waals surface area contributed by atoms with Crippen LogP contribution in [0, 0.1) is 0 Å². The topological polar surface area (TPSA) is 167 Å². The largest absolute Gasteiger partial charge is 0.463 e. The lowest BCUT2D eigenvalue weighted by Crippen LogP contribution is -2.15. The number of hydrogen-bond acceptors (Lipinski definition) is 6. The Morgan fingerprint density at radius 1 is 0.575 bits per heavy atom. The van der Waals surface area contributed by atoms with E-state index in [-0.39, 0.29) is 23.9 Å². The average Bonchev–Trinajstić information content (AvgIpc) is 4.30. The van der Waals surface area contributed by atoms with Gasteiger partial charge in [-0.15, -0.1) is 0 Å². The maximum absolute atomic E-state index is 13.0. The predicted molar refractivity (Wildman–Crippen MR) is 289 cm³/mol. The average molecular weight is 971 g/mol. The molecule has 0 bridgehead atoms. The minimum Gasteiger partial charge on any atom is -0.463 e. The standard InChI is InChI=1S/C24H18N2O2.C14H13NO3.C11H11N.C10H10N2O.C2H6/c27-20-11-21(28)23(22(20)17-12-25-19-9-2-1-7-15(17)19)18-13-26-10-4-6-14-5-3-8-16(18)24(14)26;1-18-14(17)13(16)11-8-15-7-3-5-9-4-2-6-10(11)12(9)15;1-3-9-5-2-7-12-8-6-10(4-1)11(9)12;11-10(13)5-7-6-12-9-4-2-1-3-8(7)9;1-2/h1-3,5,7-9,12-13,25H,4,6,10-11H2;2,4,6,8H,3,5,7H2,1H3;1,3-4,6,8H,2,5,7H2;1-4,6,12H,5H2,(H2,11,13);1-2H3. The molecule has 8 heterocycles. The van der Waals surface area contributed by atoms with Crippen LogP contribution in [-0.4, -0.2) is 60.0 Å². The molecule has 0 saturated heterocycles. The maximum Gasteiger partial charge on any atom is 0.379 e. The van der Waals surface area contributed by atoms with Crippen molar-refractivity contribution >= 4 is 94.9 Å². The Kier molecular flexibility index (Phi) is 13.6. The molecule has 0 atom stereocenters. The first-order chi connectivity index (χ1) is 35.7. The number of nitrogens with zero attached hydrogens (tertiary/aromatic N) is 3. The van der Waals surface area contributed by atoms with Crippen molar-refractivity contribution in [2.75, 3.05) is 7.11 Å². The Labute approximate surface area is 422 Å². The molecule has 0 saturated carbocycles. The second kappa shape index (κ2) is 20.7. The molecule has 10 aromatic rings. The molecule has 4 N–H and O–H groups in total. The molecule has 1 amide bonds. The highest BCUT2D eigenvalue weighted by molar-refractivity contribution is 6.52. The van der Waals surface area contributed by atoms with Crippen LogP contribution >= 0.6 is 0 Å². The predicted octanol–water partition coefficient (Wildman–Crippen LogP) is 11.3. The van der Waals surface area contributed by atoms with Gasteiger partial charge in [-0.05, 0) is 84.4 Å². The molecule has 0 radical (unpaired) electrons. The van der Waals surface area contributed by atoms with Crippen LogP contribution in [0.1, 0.15) is 83.3 Å². The van der Waals surface area contributed by atoms with E-state index in [4.69, 9.17) is 5.73 Å². The number of rotatable bonds is 6. The highest BCUT2D eigenvalue weighted by Crippen LogP contribution is 2.42. The lowest BCUT2D eigenvalue weighted by molar-refractivity contribution is -0.135. The van der Waals surface area contributed by atoms with E-state index in [1.807, 2.05) is 86.9 Å². The van der Waals surface area contributed by atoms with Gasteiger partial charge in [-0.1, -0.05) is 105 Å². The molecule has 4 aliphatic rings. The van der Waals surface area contributed by atoms with Crippen LogP contribution in [0.25, 0.3) is 65.7 Å². The number of fused-ring (bicyclic) bond motifs is 2. The third-order valence-electron chi connectivity index (χ3n) is 14.3. The van der Waals surface area contributed by atoms with E-state index in [9.17, 15) is 24.0 Å². The first-order valence-electron chi connectivity index (χ1n) is 25.3. The number of para-hydroxylation sites is 5. The van der Waals surface area contributed by atoms with Crippen LogP contribution in [-0.2, 0) is 69.2 Å². The number of H-pyrrole nitrogens is 2. The number of allylic oxidation sites excluding steroid dienone is 2. The van der Waals surface area contributed by atoms with Crippen molar-refractivity contribution < 1.29 is 28.7 Å². The normalized spacial score (nSPS) is 14.2. The van der Waals surface area contributed by atoms with Crippen LogP contribution in [0.5, 0.6) is 0 Å². The van der Waals surface area contributed by atoms with E-state index in [1.54, 1.807) is 6.20 Å². The summed E-state index contributed by atoms with van der Waals surface area (Å²) in [6, 6.07) is 36.8. The fraction of sp³-hybridized carbons (Fsp3) is 0.230. The number of nitrogens with two attached hydrogens (primary N) is 1. The molecule has 0 spiro atoms. The maximum atomic E-state index is 13.0. The van der Waals surface area contributed by atoms with Gasteiger partial charge in [-0.25, -0.2) is 4.79 Å². The van der Waals surface area contributed by atoms with Crippen LogP contribution < -0.4 is 5.73 Å². The van der Waals surface area contributed by atoms with Crippen molar-refractivity contribution in [1.29, 1.82) is 0 Å². The Balaban J connectivity index is 0.000000117. The number of nitrogens with one attached hydrogen (secondary N) is 2. The Bertz CT molecular complexity index is 3810. The van der Waals surface area contributed by atoms with E-state index >= 15 is 0 Å². The van der Waals surface area contributed by atoms with Crippen molar-refractivity contribution in [3.05, 3.63) is 179 Å². The van der Waals surface area contributed by atoms with Crippen molar-refractivity contribution in [1.82, 2.24) is 23.7 Å². The second-order valence-corrected chi connectivity index (χ2v) is 18.6. The summed E-state index contributed by atoms with van der Waals surface area (Å²) in [6.45, 7) is 7.04. The Morgan fingerprint density at radius 2 is 1.11 bits per heavy atom. The number of aromatic amines is 2. The number of benzene rings is 5. The van der Waals surface area contributed by atoms with Gasteiger partial charge in [-0.3, -0.25) is 19.2 Å². The fourth-order valence-electron chi connectivity index (χ4n) is 11.2. The molecule has 5 aromatic carbocycles. The van der Waals surface area contributed by atoms with Crippen molar-refractivity contribution in [3.8, 4) is 0 Å². The smallest absolute Gasteiger partial charge is 0.379 e. The molecular weight excluding hydrogens is 913 g/mol. The summed E-state index contributed by atoms with van der Waals surface area (Å²) in [6.07, 6.45) is 16.8. The summed E-state index contributed by atoms with van der Waals surface area (Å²) in [5, 5.41) is 5.37. The first-order valence-corrected chi connectivity index (χ1v) is 25.3. The van der Waals surface area contributed by atoms with Gasteiger partial charge in [0.15, 0.2) is 11.6 Å². The SMILES string of the molecule is CC.COC(=O)C(=O)c1cn2c3c(cccc13)CCC2.NC(=O)Cc1c[nH]c2ccccc12.O=C1CC(=O)C(c2cn3c4c(cccc24)CCC3)=C1c1c[nH]c2ccccc12.c1cc2c3c(c1)ccn3CCC2. The molecule has 0 fully saturated rings. The van der Waals surface area contributed by atoms with Crippen LogP contribution in [0.3, 0.4) is 0 Å². The molecular formula is C61H58N6O6. The molecule has 14 rings (SSSR count). The number of aromatic nitrogens is 5. The Morgan fingerprint density at radius 3 is 1.78 bits per heavy atom. The van der Waals surface area contributed by atoms with Gasteiger partial charge in [0.2, 0.25) is 5.91 Å². The molecule has 73 heavy (non-hydrogen) atoms. The number of primary amides is 1. The number of Topliss-reactive ketones (excluding diaryl/α,β-unsaturated/α-hetero) is 3. The summed E-state index contributed by atoms with van der Waals surface area (Å²) in [4.78, 5) is 66.3. The lowest BCUT2D eigenvalue weighted by Gasteiger charge is -2.14. The quantitative estimate of drug-likeness (QED) is 0.0649. The first kappa shape index (κ1) is 48.1. The summed E-state index contributed by atoms with van der Waals surface area (Å²) in [5.74, 6) is -1.84. The highest BCUT2D eigenvalue weighted by Gasteiger charge is 2.35. The van der Waals surface area contributed by atoms with E-state index in [1.165, 1.54) is 59.6 Å². The Hall–Kier alpha value is -8.51. The summed E-state index contributed by atoms with van der Waals surface area (Å²) in [7, 11) is 1.23. The number of amides is 1. The van der Waals surface area contributed by atoms with E-state index < -0.39 is 11.8 Å². The van der Waals surface area contributed by atoms with Crippen molar-refractivity contribution in [2.45, 2.75) is 84.8 Å². The number of hydrogen-bond donors (Lipinski definition) is 3. The minimum atomic E-state index is -0.807. The molecule has 3 aliphatic heterocycles. The van der Waals surface area contributed by atoms with Crippen molar-refractivity contribution in [3.63, 3.8) is 0 Å². The summed E-state index contributed by atoms with van der Waals surface area (Å²) < 4.78 is 11.2. The van der Waals surface area contributed by atoms with Gasteiger partial charge in [0.05, 0.1) is 42.1 Å². The number of methoxy groups -OCH3 is 1.